The number of nitrogen functional groups attached to an aromatic ring is 1. The van der Waals surface area contributed by atoms with E-state index in [9.17, 15) is 8.42 Å². The standard InChI is InChI=1S/C12H11ClN2O3S/c1-19(16,17)11-3-2-6-15-12(11)18-10-5-4-8(14)7-9(10)13/h2-7H,14H2,1H3. The number of nitrogens with zero attached hydrogens (tertiary/aromatic N) is 1. The van der Waals surface area contributed by atoms with E-state index in [1.165, 1.54) is 24.4 Å². The number of benzene rings is 1. The smallest absolute Gasteiger partial charge is 0.238 e. The second kappa shape index (κ2) is 5.07. The van der Waals surface area contributed by atoms with Gasteiger partial charge in [-0.2, -0.15) is 0 Å². The number of nitrogens with two attached hydrogens (primary N) is 1. The Labute approximate surface area is 115 Å². The fraction of sp³-hybridized carbons (Fsp3) is 0.0833. The van der Waals surface area contributed by atoms with Crippen LogP contribution in [-0.4, -0.2) is 19.7 Å². The van der Waals surface area contributed by atoms with Gasteiger partial charge in [0, 0.05) is 18.1 Å². The fourth-order valence-electron chi connectivity index (χ4n) is 1.44. The molecule has 2 rings (SSSR count). The molecule has 19 heavy (non-hydrogen) atoms. The maximum absolute atomic E-state index is 11.6. The zero-order valence-electron chi connectivity index (χ0n) is 10.00. The number of anilines is 1. The van der Waals surface area contributed by atoms with E-state index in [2.05, 4.69) is 4.98 Å². The number of halogens is 1. The van der Waals surface area contributed by atoms with Crippen molar-refractivity contribution in [2.75, 3.05) is 12.0 Å². The van der Waals surface area contributed by atoms with Crippen LogP contribution < -0.4 is 10.5 Å². The molecule has 0 bridgehead atoms. The van der Waals surface area contributed by atoms with Crippen LogP contribution in [0.25, 0.3) is 0 Å². The van der Waals surface area contributed by atoms with Crippen LogP contribution in [0, 0.1) is 0 Å². The third kappa shape index (κ3) is 3.15. The van der Waals surface area contributed by atoms with Gasteiger partial charge < -0.3 is 10.5 Å². The highest BCUT2D eigenvalue weighted by molar-refractivity contribution is 7.90. The molecule has 0 saturated heterocycles. The van der Waals surface area contributed by atoms with E-state index in [4.69, 9.17) is 22.1 Å². The molecule has 0 amide bonds. The van der Waals surface area contributed by atoms with E-state index < -0.39 is 9.84 Å². The van der Waals surface area contributed by atoms with E-state index in [1.807, 2.05) is 0 Å². The second-order valence-corrected chi connectivity index (χ2v) is 6.26. The zero-order chi connectivity index (χ0) is 14.0. The van der Waals surface area contributed by atoms with Crippen LogP contribution >= 0.6 is 11.6 Å². The van der Waals surface area contributed by atoms with Crippen LogP contribution in [0.4, 0.5) is 5.69 Å². The predicted octanol–water partition coefficient (Wildman–Crippen LogP) is 2.51. The lowest BCUT2D eigenvalue weighted by atomic mass is 10.3. The van der Waals surface area contributed by atoms with E-state index in [0.717, 1.165) is 6.26 Å². The number of sulfone groups is 1. The van der Waals surface area contributed by atoms with E-state index in [0.29, 0.717) is 11.4 Å². The molecule has 0 radical (unpaired) electrons. The van der Waals surface area contributed by atoms with Crippen LogP contribution in [0.15, 0.2) is 41.4 Å². The Kier molecular flexibility index (Phi) is 3.64. The SMILES string of the molecule is CS(=O)(=O)c1cccnc1Oc1ccc(N)cc1Cl. The Morgan fingerprint density at radius 2 is 2.05 bits per heavy atom. The molecule has 0 saturated carbocycles. The first-order chi connectivity index (χ1) is 8.88. The lowest BCUT2D eigenvalue weighted by molar-refractivity contribution is 0.447. The minimum absolute atomic E-state index is 0.00268. The Morgan fingerprint density at radius 1 is 1.32 bits per heavy atom. The molecule has 5 nitrogen and oxygen atoms in total. The highest BCUT2D eigenvalue weighted by atomic mass is 35.5. The molecule has 0 aliphatic rings. The number of hydrogen-bond donors (Lipinski definition) is 1. The molecular formula is C12H11ClN2O3S. The Bertz CT molecular complexity index is 717. The van der Waals surface area contributed by atoms with Crippen LogP contribution in [-0.2, 0) is 9.84 Å². The van der Waals surface area contributed by atoms with Gasteiger partial charge in [-0.15, -0.1) is 0 Å². The third-order valence-corrected chi connectivity index (χ3v) is 3.70. The quantitative estimate of drug-likeness (QED) is 0.880. The molecule has 1 heterocycles. The number of rotatable bonds is 3. The average molecular weight is 299 g/mol. The van der Waals surface area contributed by atoms with Crippen molar-refractivity contribution in [2.24, 2.45) is 0 Å². The van der Waals surface area contributed by atoms with Crippen LogP contribution in [0.1, 0.15) is 0 Å². The summed E-state index contributed by atoms with van der Waals surface area (Å²) in [7, 11) is -3.43. The van der Waals surface area contributed by atoms with Crippen LogP contribution in [0.2, 0.25) is 5.02 Å². The van der Waals surface area contributed by atoms with Crippen LogP contribution in [0.5, 0.6) is 11.6 Å². The largest absolute Gasteiger partial charge is 0.436 e. The van der Waals surface area contributed by atoms with Gasteiger partial charge in [-0.25, -0.2) is 13.4 Å². The van der Waals surface area contributed by atoms with Gasteiger partial charge in [-0.1, -0.05) is 11.6 Å². The van der Waals surface area contributed by atoms with Crippen LogP contribution in [0.3, 0.4) is 0 Å². The normalized spacial score (nSPS) is 11.3. The van der Waals surface area contributed by atoms with Gasteiger partial charge in [0.05, 0.1) is 5.02 Å². The first-order valence-electron chi connectivity index (χ1n) is 5.26. The van der Waals surface area contributed by atoms with Crippen molar-refractivity contribution in [1.29, 1.82) is 0 Å². The Morgan fingerprint density at radius 3 is 2.68 bits per heavy atom. The van der Waals surface area contributed by atoms with Gasteiger partial charge in [0.25, 0.3) is 0 Å². The third-order valence-electron chi connectivity index (χ3n) is 2.30. The second-order valence-electron chi connectivity index (χ2n) is 3.87. The molecule has 0 atom stereocenters. The van der Waals surface area contributed by atoms with Gasteiger partial charge in [0.15, 0.2) is 9.84 Å². The summed E-state index contributed by atoms with van der Waals surface area (Å²) >= 11 is 5.96. The molecule has 0 fully saturated rings. The lowest BCUT2D eigenvalue weighted by Crippen LogP contribution is -2.02. The number of pyridine rings is 1. The Hall–Kier alpha value is -1.79. The zero-order valence-corrected chi connectivity index (χ0v) is 11.6. The maximum atomic E-state index is 11.6. The van der Waals surface area contributed by atoms with Crippen molar-refractivity contribution in [3.63, 3.8) is 0 Å². The maximum Gasteiger partial charge on any atom is 0.238 e. The molecular weight excluding hydrogens is 288 g/mol. The van der Waals surface area contributed by atoms with Gasteiger partial charge in [0.1, 0.15) is 10.6 Å². The molecule has 0 aliphatic carbocycles. The van der Waals surface area contributed by atoms with Gasteiger partial charge in [-0.05, 0) is 30.3 Å². The lowest BCUT2D eigenvalue weighted by Gasteiger charge is -2.10. The highest BCUT2D eigenvalue weighted by Gasteiger charge is 2.16. The van der Waals surface area contributed by atoms with E-state index >= 15 is 0 Å². The minimum Gasteiger partial charge on any atom is -0.436 e. The summed E-state index contributed by atoms with van der Waals surface area (Å²) in [6.45, 7) is 0. The molecule has 0 aliphatic heterocycles. The van der Waals surface area contributed by atoms with Gasteiger partial charge in [0.2, 0.25) is 5.88 Å². The number of hydrogen-bond acceptors (Lipinski definition) is 5. The van der Waals surface area contributed by atoms with E-state index in [-0.39, 0.29) is 15.8 Å². The van der Waals surface area contributed by atoms with Gasteiger partial charge in [-0.3, -0.25) is 0 Å². The van der Waals surface area contributed by atoms with Gasteiger partial charge >= 0.3 is 0 Å². The molecule has 1 aromatic carbocycles. The molecule has 2 aromatic rings. The van der Waals surface area contributed by atoms with E-state index in [1.54, 1.807) is 12.1 Å². The summed E-state index contributed by atoms with van der Waals surface area (Å²) < 4.78 is 28.7. The highest BCUT2D eigenvalue weighted by Crippen LogP contribution is 2.32. The summed E-state index contributed by atoms with van der Waals surface area (Å²) in [6.07, 6.45) is 2.52. The molecule has 0 spiro atoms. The van der Waals surface area contributed by atoms with Crippen molar-refractivity contribution in [1.82, 2.24) is 4.98 Å². The first kappa shape index (κ1) is 13.6. The summed E-state index contributed by atoms with van der Waals surface area (Å²) in [5.74, 6) is 0.274. The van der Waals surface area contributed by atoms with Crippen molar-refractivity contribution in [3.8, 4) is 11.6 Å². The van der Waals surface area contributed by atoms with Crippen molar-refractivity contribution in [2.45, 2.75) is 4.90 Å². The number of ether oxygens (including phenoxy) is 1. The van der Waals surface area contributed by atoms with Crippen molar-refractivity contribution >= 4 is 27.1 Å². The molecule has 7 heteroatoms. The first-order valence-corrected chi connectivity index (χ1v) is 7.53. The predicted molar refractivity (Wildman–Crippen MR) is 73.3 cm³/mol. The summed E-state index contributed by atoms with van der Waals surface area (Å²) in [4.78, 5) is 3.92. The monoisotopic (exact) mass is 298 g/mol. The molecule has 0 unspecified atom stereocenters. The summed E-state index contributed by atoms with van der Waals surface area (Å²) in [5.41, 5.74) is 6.06. The Balaban J connectivity index is 2.44. The fourth-order valence-corrected chi connectivity index (χ4v) is 2.40. The number of aromatic nitrogens is 1. The molecule has 1 aromatic heterocycles. The minimum atomic E-state index is -3.43. The summed E-state index contributed by atoms with van der Waals surface area (Å²) in [6, 6.07) is 7.61. The summed E-state index contributed by atoms with van der Waals surface area (Å²) in [5, 5.41) is 0.283. The van der Waals surface area contributed by atoms with Crippen molar-refractivity contribution < 1.29 is 13.2 Å². The van der Waals surface area contributed by atoms with Crippen molar-refractivity contribution in [3.05, 3.63) is 41.6 Å². The average Bonchev–Trinajstić information content (AvgIpc) is 2.32. The molecule has 100 valence electrons. The molecule has 2 N–H and O–H groups in total. The topological polar surface area (TPSA) is 82.3 Å².